The van der Waals surface area contributed by atoms with E-state index in [9.17, 15) is 23.5 Å². The monoisotopic (exact) mass is 587 g/mol. The van der Waals surface area contributed by atoms with Crippen LogP contribution in [-0.4, -0.2) is 62.7 Å². The summed E-state index contributed by atoms with van der Waals surface area (Å²) >= 11 is 12.7. The number of fused-ring (bicyclic) bond motifs is 1. The number of phosphoric ester groups is 1. The van der Waals surface area contributed by atoms with Crippen molar-refractivity contribution >= 4 is 63.8 Å². The summed E-state index contributed by atoms with van der Waals surface area (Å²) in [6.07, 6.45) is -1.10. The highest BCUT2D eigenvalue weighted by atomic mass is 35.5. The second kappa shape index (κ2) is 9.87. The van der Waals surface area contributed by atoms with Crippen molar-refractivity contribution in [2.75, 3.05) is 18.9 Å². The summed E-state index contributed by atoms with van der Waals surface area (Å²) in [5.74, 6) is -0.0182. The summed E-state index contributed by atoms with van der Waals surface area (Å²) in [4.78, 5) is 48.1. The first kappa shape index (κ1) is 27.7. The molecule has 0 amide bonds. The van der Waals surface area contributed by atoms with Gasteiger partial charge in [0.15, 0.2) is 21.7 Å². The Kier molecular flexibility index (Phi) is 8.03. The molecule has 0 aromatic carbocycles. The first-order valence-electron chi connectivity index (χ1n) is 8.96. The molecule has 4 unspecified atom stereocenters. The first-order chi connectivity index (χ1) is 15.5. The van der Waals surface area contributed by atoms with E-state index >= 15 is 0 Å². The van der Waals surface area contributed by atoms with E-state index in [1.165, 1.54) is 10.9 Å². The third-order valence-electron chi connectivity index (χ3n) is 3.96. The van der Waals surface area contributed by atoms with Crippen LogP contribution in [-0.2, 0) is 31.6 Å². The lowest BCUT2D eigenvalue weighted by atomic mass is 10.2. The van der Waals surface area contributed by atoms with Crippen LogP contribution in [0, 0.1) is 0 Å². The fraction of sp³-hybridized carbons (Fsp3) is 0.583. The average Bonchev–Trinajstić information content (AvgIpc) is 3.17. The molecule has 3 rings (SSSR count). The van der Waals surface area contributed by atoms with E-state index < -0.39 is 46.7 Å². The molecule has 34 heavy (non-hydrogen) atoms. The minimum Gasteiger partial charge on any atom is -0.476 e. The number of alkyl halides is 2. The van der Waals surface area contributed by atoms with Crippen LogP contribution in [0.15, 0.2) is 6.33 Å². The maximum absolute atomic E-state index is 11.9. The molecule has 22 heteroatoms. The summed E-state index contributed by atoms with van der Waals surface area (Å²) in [6, 6.07) is 0. The van der Waals surface area contributed by atoms with Crippen LogP contribution in [0.25, 0.3) is 11.2 Å². The summed E-state index contributed by atoms with van der Waals surface area (Å²) in [6.45, 7) is 1.26. The zero-order valence-corrected chi connectivity index (χ0v) is 21.1. The summed E-state index contributed by atoms with van der Waals surface area (Å²) in [7, 11) is -16.5. The van der Waals surface area contributed by atoms with Gasteiger partial charge in [0.2, 0.25) is 11.8 Å². The number of phosphoric acid groups is 3. The molecule has 2 aromatic heterocycles. The molecule has 6 N–H and O–H groups in total. The van der Waals surface area contributed by atoms with Crippen molar-refractivity contribution < 1.29 is 55.9 Å². The van der Waals surface area contributed by atoms with Crippen molar-refractivity contribution in [2.24, 2.45) is 0 Å². The van der Waals surface area contributed by atoms with Crippen molar-refractivity contribution in [3.05, 3.63) is 6.33 Å². The van der Waals surface area contributed by atoms with E-state index in [1.54, 1.807) is 6.92 Å². The number of anilines is 1. The number of nitrogen functional groups attached to an aromatic ring is 1. The van der Waals surface area contributed by atoms with Gasteiger partial charge in [-0.2, -0.15) is 18.6 Å². The highest BCUT2D eigenvalue weighted by Gasteiger charge is 2.49. The van der Waals surface area contributed by atoms with E-state index in [0.717, 1.165) is 0 Å². The lowest BCUT2D eigenvalue weighted by Gasteiger charge is -2.22. The number of aromatic nitrogens is 4. The summed E-state index contributed by atoms with van der Waals surface area (Å²) < 4.78 is 56.7. The Hall–Kier alpha value is -0.900. The number of hydrogen-bond donors (Lipinski definition) is 5. The molecular formula is C12H18Cl2N5O12P3. The molecule has 2 aromatic rings. The quantitative estimate of drug-likeness (QED) is 0.195. The third-order valence-corrected chi connectivity index (χ3v) is 8.45. The Bertz CT molecular complexity index is 1210. The number of imidazole rings is 1. The zero-order valence-electron chi connectivity index (χ0n) is 16.9. The van der Waals surface area contributed by atoms with Gasteiger partial charge in [-0.1, -0.05) is 23.2 Å². The highest BCUT2D eigenvalue weighted by molar-refractivity contribution is 7.66. The van der Waals surface area contributed by atoms with E-state index in [1.807, 2.05) is 0 Å². The zero-order chi connectivity index (χ0) is 25.5. The Morgan fingerprint density at radius 2 is 1.88 bits per heavy atom. The molecule has 1 aliphatic heterocycles. The van der Waals surface area contributed by atoms with Gasteiger partial charge in [0, 0.05) is 6.42 Å². The van der Waals surface area contributed by atoms with Crippen molar-refractivity contribution in [1.29, 1.82) is 0 Å². The fourth-order valence-corrected chi connectivity index (χ4v) is 6.60. The van der Waals surface area contributed by atoms with Crippen LogP contribution >= 0.6 is 46.7 Å². The molecule has 4 atom stereocenters. The van der Waals surface area contributed by atoms with E-state index in [0.29, 0.717) is 0 Å². The summed E-state index contributed by atoms with van der Waals surface area (Å²) in [5, 5.41) is 0. The number of ether oxygens (including phenoxy) is 2. The molecule has 1 saturated heterocycles. The molecular weight excluding hydrogens is 570 g/mol. The second-order valence-electron chi connectivity index (χ2n) is 6.61. The summed E-state index contributed by atoms with van der Waals surface area (Å²) in [5.41, 5.74) is 6.12. The van der Waals surface area contributed by atoms with Gasteiger partial charge < -0.3 is 34.8 Å². The van der Waals surface area contributed by atoms with Gasteiger partial charge in [0.05, 0.1) is 25.6 Å². The molecule has 0 spiro atoms. The normalized spacial score (nSPS) is 24.1. The predicted octanol–water partition coefficient (Wildman–Crippen LogP) is 1.61. The fourth-order valence-electron chi connectivity index (χ4n) is 2.90. The van der Waals surface area contributed by atoms with Gasteiger partial charge in [-0.3, -0.25) is 9.09 Å². The molecule has 0 bridgehead atoms. The molecule has 192 valence electrons. The SMILES string of the molecule is CCOc1nc(N)nc2c1ncn2C1OC(COP(=O)(O)OP(=O)(O)OP(=O)(O)O)CC1(Cl)Cl. The van der Waals surface area contributed by atoms with Gasteiger partial charge in [0.25, 0.3) is 0 Å². The average molecular weight is 588 g/mol. The molecule has 3 heterocycles. The molecule has 0 radical (unpaired) electrons. The van der Waals surface area contributed by atoms with Crippen molar-refractivity contribution in [1.82, 2.24) is 19.5 Å². The van der Waals surface area contributed by atoms with Crippen molar-refractivity contribution in [3.8, 4) is 5.88 Å². The second-order valence-corrected chi connectivity index (χ2v) is 12.6. The predicted molar refractivity (Wildman–Crippen MR) is 114 cm³/mol. The largest absolute Gasteiger partial charge is 0.490 e. The Balaban J connectivity index is 1.74. The molecule has 17 nitrogen and oxygen atoms in total. The van der Waals surface area contributed by atoms with Gasteiger partial charge in [-0.25, -0.2) is 18.7 Å². The van der Waals surface area contributed by atoms with Crippen molar-refractivity contribution in [2.45, 2.75) is 30.0 Å². The van der Waals surface area contributed by atoms with Gasteiger partial charge in [-0.05, 0) is 6.92 Å². The standard InChI is InChI=1S/C12H18Cl2N5O12P3/c1-2-27-9-7-8(17-11(15)18-9)19(5-16-7)10-12(13,14)3-6(29-10)4-28-33(23,24)31-34(25,26)30-32(20,21)22/h5-6,10H,2-4H2,1H3,(H,23,24)(H,25,26)(H2,15,17,18)(H2,20,21,22). The van der Waals surface area contributed by atoms with Crippen LogP contribution < -0.4 is 10.5 Å². The van der Waals surface area contributed by atoms with Crippen molar-refractivity contribution in [3.63, 3.8) is 0 Å². The number of nitrogens with zero attached hydrogens (tertiary/aromatic N) is 4. The number of halogens is 2. The van der Waals surface area contributed by atoms with E-state index in [-0.39, 0.29) is 36.0 Å². The maximum atomic E-state index is 11.9. The number of nitrogens with two attached hydrogens (primary N) is 1. The molecule has 0 aliphatic carbocycles. The van der Waals surface area contributed by atoms with Crippen LogP contribution in [0.2, 0.25) is 0 Å². The molecule has 0 saturated carbocycles. The van der Waals surface area contributed by atoms with Crippen LogP contribution in [0.5, 0.6) is 5.88 Å². The topological polar surface area (TPSA) is 248 Å². The smallest absolute Gasteiger partial charge is 0.476 e. The number of hydrogen-bond acceptors (Lipinski definition) is 12. The van der Waals surface area contributed by atoms with Gasteiger partial charge in [0.1, 0.15) is 0 Å². The molecule has 1 fully saturated rings. The van der Waals surface area contributed by atoms with Crippen LogP contribution in [0.3, 0.4) is 0 Å². The van der Waals surface area contributed by atoms with Crippen LogP contribution in [0.4, 0.5) is 5.95 Å². The number of rotatable bonds is 10. The van der Waals surface area contributed by atoms with E-state index in [2.05, 4.69) is 28.1 Å². The molecule has 1 aliphatic rings. The maximum Gasteiger partial charge on any atom is 0.490 e. The van der Waals surface area contributed by atoms with Crippen LogP contribution in [0.1, 0.15) is 19.6 Å². The first-order valence-corrected chi connectivity index (χ1v) is 14.2. The minimum absolute atomic E-state index is 0.112. The highest BCUT2D eigenvalue weighted by Crippen LogP contribution is 2.66. The minimum atomic E-state index is -5.66. The third kappa shape index (κ3) is 6.86. The Morgan fingerprint density at radius 1 is 1.21 bits per heavy atom. The van der Waals surface area contributed by atoms with Gasteiger partial charge in [-0.15, -0.1) is 0 Å². The van der Waals surface area contributed by atoms with Gasteiger partial charge >= 0.3 is 23.5 Å². The van der Waals surface area contributed by atoms with E-state index in [4.69, 9.17) is 48.2 Å². The lowest BCUT2D eigenvalue weighted by molar-refractivity contribution is -0.0220. The lowest BCUT2D eigenvalue weighted by Crippen LogP contribution is -2.23. The Labute approximate surface area is 200 Å². The Morgan fingerprint density at radius 3 is 2.50 bits per heavy atom.